The monoisotopic (exact) mass is 292 g/mol. The molecule has 1 aromatic rings. The summed E-state index contributed by atoms with van der Waals surface area (Å²) in [5, 5.41) is 0. The Balaban J connectivity index is 1.56. The first-order chi connectivity index (χ1) is 10.2. The number of nitrogens with zero attached hydrogens (tertiary/aromatic N) is 2. The minimum Gasteiger partial charge on any atom is -0.469 e. The second kappa shape index (κ2) is 5.89. The minimum atomic E-state index is -0.275. The normalized spacial score (nSPS) is 22.6. The lowest BCUT2D eigenvalue weighted by atomic mass is 10.1. The number of piperazine rings is 1. The molecule has 0 aromatic carbocycles. The van der Waals surface area contributed by atoms with Crippen LogP contribution in [0.1, 0.15) is 29.0 Å². The number of rotatable bonds is 2. The van der Waals surface area contributed by atoms with Gasteiger partial charge in [0.15, 0.2) is 0 Å². The number of amides is 2. The van der Waals surface area contributed by atoms with Crippen LogP contribution in [0.2, 0.25) is 0 Å². The second-order valence-corrected chi connectivity index (χ2v) is 5.51. The van der Waals surface area contributed by atoms with Crippen molar-refractivity contribution in [3.05, 3.63) is 23.7 Å². The van der Waals surface area contributed by atoms with Gasteiger partial charge >= 0.3 is 0 Å². The zero-order valence-electron chi connectivity index (χ0n) is 12.2. The quantitative estimate of drug-likeness (QED) is 0.817. The van der Waals surface area contributed by atoms with Crippen molar-refractivity contribution in [1.29, 1.82) is 0 Å². The molecule has 2 amide bonds. The summed E-state index contributed by atoms with van der Waals surface area (Å²) >= 11 is 0. The Hall–Kier alpha value is -1.82. The SMILES string of the molecule is Cc1occc1C(=O)N1CCN(C(=O)[C@H]2CCCO2)CC1. The van der Waals surface area contributed by atoms with Gasteiger partial charge in [0.2, 0.25) is 0 Å². The van der Waals surface area contributed by atoms with Crippen LogP contribution in [0, 0.1) is 6.92 Å². The highest BCUT2D eigenvalue weighted by molar-refractivity contribution is 5.95. The maximum Gasteiger partial charge on any atom is 0.257 e. The first-order valence-corrected chi connectivity index (χ1v) is 7.40. The molecule has 2 aliphatic rings. The van der Waals surface area contributed by atoms with Gasteiger partial charge in [0.05, 0.1) is 11.8 Å². The smallest absolute Gasteiger partial charge is 0.257 e. The molecule has 21 heavy (non-hydrogen) atoms. The lowest BCUT2D eigenvalue weighted by Gasteiger charge is -2.35. The van der Waals surface area contributed by atoms with Crippen molar-refractivity contribution in [2.75, 3.05) is 32.8 Å². The molecule has 1 aromatic heterocycles. The van der Waals surface area contributed by atoms with E-state index in [9.17, 15) is 9.59 Å². The van der Waals surface area contributed by atoms with E-state index in [0.717, 1.165) is 12.8 Å². The fraction of sp³-hybridized carbons (Fsp3) is 0.600. The van der Waals surface area contributed by atoms with E-state index in [4.69, 9.17) is 9.15 Å². The third-order valence-corrected chi connectivity index (χ3v) is 4.17. The van der Waals surface area contributed by atoms with Crippen LogP contribution in [0.3, 0.4) is 0 Å². The summed E-state index contributed by atoms with van der Waals surface area (Å²) < 4.78 is 10.6. The highest BCUT2D eigenvalue weighted by Crippen LogP contribution is 2.17. The fourth-order valence-electron chi connectivity index (χ4n) is 2.88. The molecule has 2 saturated heterocycles. The van der Waals surface area contributed by atoms with Gasteiger partial charge in [-0.3, -0.25) is 9.59 Å². The summed E-state index contributed by atoms with van der Waals surface area (Å²) in [6.07, 6.45) is 3.02. The minimum absolute atomic E-state index is 0.0227. The maximum atomic E-state index is 12.4. The van der Waals surface area contributed by atoms with Crippen LogP contribution in [-0.2, 0) is 9.53 Å². The molecule has 6 nitrogen and oxygen atoms in total. The summed E-state index contributed by atoms with van der Waals surface area (Å²) in [4.78, 5) is 28.2. The highest BCUT2D eigenvalue weighted by atomic mass is 16.5. The number of aryl methyl sites for hydroxylation is 1. The molecule has 0 aliphatic carbocycles. The van der Waals surface area contributed by atoms with Crippen LogP contribution < -0.4 is 0 Å². The molecule has 3 rings (SSSR count). The van der Waals surface area contributed by atoms with Crippen molar-refractivity contribution in [3.63, 3.8) is 0 Å². The van der Waals surface area contributed by atoms with E-state index in [0.29, 0.717) is 44.1 Å². The van der Waals surface area contributed by atoms with Crippen LogP contribution in [0.5, 0.6) is 0 Å². The van der Waals surface area contributed by atoms with Gasteiger partial charge < -0.3 is 19.0 Å². The van der Waals surface area contributed by atoms with Gasteiger partial charge in [0.1, 0.15) is 11.9 Å². The van der Waals surface area contributed by atoms with Crippen LogP contribution >= 0.6 is 0 Å². The van der Waals surface area contributed by atoms with E-state index in [1.807, 2.05) is 4.90 Å². The number of hydrogen-bond donors (Lipinski definition) is 0. The van der Waals surface area contributed by atoms with Gasteiger partial charge in [-0.05, 0) is 25.8 Å². The fourth-order valence-corrected chi connectivity index (χ4v) is 2.88. The van der Waals surface area contributed by atoms with Gasteiger partial charge in [-0.25, -0.2) is 0 Å². The average Bonchev–Trinajstić information content (AvgIpc) is 3.17. The van der Waals surface area contributed by atoms with Gasteiger partial charge in [-0.1, -0.05) is 0 Å². The Morgan fingerprint density at radius 3 is 2.48 bits per heavy atom. The van der Waals surface area contributed by atoms with Crippen molar-refractivity contribution >= 4 is 11.8 Å². The molecule has 6 heteroatoms. The summed E-state index contributed by atoms with van der Waals surface area (Å²) in [6.45, 7) is 4.71. The third-order valence-electron chi connectivity index (χ3n) is 4.17. The molecule has 0 N–H and O–H groups in total. The summed E-state index contributed by atoms with van der Waals surface area (Å²) in [5.41, 5.74) is 0.605. The molecule has 114 valence electrons. The van der Waals surface area contributed by atoms with E-state index in [-0.39, 0.29) is 17.9 Å². The summed E-state index contributed by atoms with van der Waals surface area (Å²) in [6, 6.07) is 1.70. The topological polar surface area (TPSA) is 63.0 Å². The molecule has 0 unspecified atom stereocenters. The van der Waals surface area contributed by atoms with Crippen molar-refractivity contribution in [1.82, 2.24) is 9.80 Å². The first kappa shape index (κ1) is 14.1. The van der Waals surface area contributed by atoms with E-state index < -0.39 is 0 Å². The van der Waals surface area contributed by atoms with Crippen molar-refractivity contribution in [3.8, 4) is 0 Å². The molecule has 0 spiro atoms. The van der Waals surface area contributed by atoms with E-state index in [1.54, 1.807) is 17.9 Å². The number of carbonyl (C=O) groups excluding carboxylic acids is 2. The molecule has 2 fully saturated rings. The lowest BCUT2D eigenvalue weighted by Crippen LogP contribution is -2.52. The predicted octanol–water partition coefficient (Wildman–Crippen LogP) is 1.05. The van der Waals surface area contributed by atoms with Crippen LogP contribution in [0.4, 0.5) is 0 Å². The molecular formula is C15H20N2O4. The Morgan fingerprint density at radius 2 is 1.90 bits per heavy atom. The van der Waals surface area contributed by atoms with Gasteiger partial charge in [-0.2, -0.15) is 0 Å². The van der Waals surface area contributed by atoms with Crippen LogP contribution in [0.25, 0.3) is 0 Å². The number of furan rings is 1. The molecule has 2 aliphatic heterocycles. The number of hydrogen-bond acceptors (Lipinski definition) is 4. The Labute approximate surface area is 123 Å². The van der Waals surface area contributed by atoms with Gasteiger partial charge in [-0.15, -0.1) is 0 Å². The van der Waals surface area contributed by atoms with Gasteiger partial charge in [0, 0.05) is 32.8 Å². The van der Waals surface area contributed by atoms with Gasteiger partial charge in [0.25, 0.3) is 11.8 Å². The standard InChI is InChI=1S/C15H20N2O4/c1-11-12(4-10-20-11)14(18)16-5-7-17(8-6-16)15(19)13-3-2-9-21-13/h4,10,13H,2-3,5-9H2,1H3/t13-/m1/s1. The second-order valence-electron chi connectivity index (χ2n) is 5.51. The van der Waals surface area contributed by atoms with Crippen molar-refractivity contribution < 1.29 is 18.7 Å². The lowest BCUT2D eigenvalue weighted by molar-refractivity contribution is -0.142. The molecular weight excluding hydrogens is 272 g/mol. The Kier molecular flexibility index (Phi) is 3.96. The number of carbonyl (C=O) groups is 2. The largest absolute Gasteiger partial charge is 0.469 e. The third kappa shape index (κ3) is 2.81. The first-order valence-electron chi connectivity index (χ1n) is 7.40. The van der Waals surface area contributed by atoms with E-state index in [1.165, 1.54) is 6.26 Å². The van der Waals surface area contributed by atoms with Crippen molar-refractivity contribution in [2.24, 2.45) is 0 Å². The zero-order chi connectivity index (χ0) is 14.8. The van der Waals surface area contributed by atoms with Crippen LogP contribution in [-0.4, -0.2) is 60.5 Å². The molecule has 0 saturated carbocycles. The summed E-state index contributed by atoms with van der Waals surface area (Å²) in [7, 11) is 0. The predicted molar refractivity (Wildman–Crippen MR) is 74.9 cm³/mol. The molecule has 0 radical (unpaired) electrons. The highest BCUT2D eigenvalue weighted by Gasteiger charge is 2.31. The van der Waals surface area contributed by atoms with E-state index in [2.05, 4.69) is 0 Å². The molecule has 3 heterocycles. The Morgan fingerprint density at radius 1 is 1.19 bits per heavy atom. The van der Waals surface area contributed by atoms with E-state index >= 15 is 0 Å². The summed E-state index contributed by atoms with van der Waals surface area (Å²) in [5.74, 6) is 0.683. The number of ether oxygens (including phenoxy) is 1. The zero-order valence-corrected chi connectivity index (χ0v) is 12.2. The van der Waals surface area contributed by atoms with Crippen LogP contribution in [0.15, 0.2) is 16.7 Å². The van der Waals surface area contributed by atoms with Crippen molar-refractivity contribution in [2.45, 2.75) is 25.9 Å². The molecule has 0 bridgehead atoms. The molecule has 1 atom stereocenters. The maximum absolute atomic E-state index is 12.4. The Bertz CT molecular complexity index is 526. The average molecular weight is 292 g/mol.